The summed E-state index contributed by atoms with van der Waals surface area (Å²) in [4.78, 5) is 0. The van der Waals surface area contributed by atoms with E-state index in [1.165, 1.54) is 0 Å². The molecule has 0 spiro atoms. The van der Waals surface area contributed by atoms with Gasteiger partial charge in [-0.1, -0.05) is 18.2 Å². The van der Waals surface area contributed by atoms with E-state index in [-0.39, 0.29) is 5.84 Å². The summed E-state index contributed by atoms with van der Waals surface area (Å²) < 4.78 is 14.4. The van der Waals surface area contributed by atoms with Crippen molar-refractivity contribution in [1.29, 1.82) is 0 Å². The number of hydrogen-bond donors (Lipinski definition) is 1. The lowest BCUT2D eigenvalue weighted by Crippen LogP contribution is -2.13. The van der Waals surface area contributed by atoms with E-state index in [1.54, 1.807) is 25.3 Å². The lowest BCUT2D eigenvalue weighted by Gasteiger charge is -2.10. The first-order valence-corrected chi connectivity index (χ1v) is 5.94. The summed E-state index contributed by atoms with van der Waals surface area (Å²) in [7, 11) is 1.60. The molecule has 0 atom stereocenters. The molecule has 19 heavy (non-hydrogen) atoms. The van der Waals surface area contributed by atoms with Crippen molar-refractivity contribution in [3.63, 3.8) is 0 Å². The normalized spacial score (nSPS) is 11.2. The third kappa shape index (κ3) is 3.17. The minimum absolute atomic E-state index is 0.208. The Morgan fingerprint density at radius 3 is 2.58 bits per heavy atom. The highest BCUT2D eigenvalue weighted by atomic mass is 35.5. The third-order valence-corrected chi connectivity index (χ3v) is 2.71. The monoisotopic (exact) mass is 276 g/mol. The summed E-state index contributed by atoms with van der Waals surface area (Å²) in [5.41, 5.74) is 6.36. The Bertz CT molecular complexity index is 600. The van der Waals surface area contributed by atoms with Crippen molar-refractivity contribution in [3.05, 3.63) is 54.1 Å². The van der Waals surface area contributed by atoms with Crippen LogP contribution in [0.2, 0.25) is 0 Å². The summed E-state index contributed by atoms with van der Waals surface area (Å²) in [5, 5.41) is 0. The lowest BCUT2D eigenvalue weighted by molar-refractivity contribution is 0.409. The molecule has 0 saturated carbocycles. The highest BCUT2D eigenvalue weighted by Gasteiger charge is 2.08. The second-order valence-electron chi connectivity index (χ2n) is 3.75. The molecular weight excluding hydrogens is 264 g/mol. The van der Waals surface area contributed by atoms with Gasteiger partial charge in [0.2, 0.25) is 0 Å². The zero-order valence-corrected chi connectivity index (χ0v) is 11.1. The van der Waals surface area contributed by atoms with Gasteiger partial charge >= 0.3 is 0 Å². The number of halogens is 1. The number of rotatable bonds is 4. The van der Waals surface area contributed by atoms with Gasteiger partial charge in [0.05, 0.1) is 12.7 Å². The summed E-state index contributed by atoms with van der Waals surface area (Å²) in [6.45, 7) is 0. The van der Waals surface area contributed by atoms with Crippen molar-refractivity contribution in [2.75, 3.05) is 7.11 Å². The van der Waals surface area contributed by atoms with Gasteiger partial charge in [0.25, 0.3) is 0 Å². The zero-order chi connectivity index (χ0) is 13.7. The topological polar surface area (TPSA) is 56.8 Å². The molecule has 4 nitrogen and oxygen atoms in total. The molecule has 2 aromatic rings. The van der Waals surface area contributed by atoms with E-state index in [0.717, 1.165) is 0 Å². The fraction of sp³-hybridized carbons (Fsp3) is 0.0714. The first-order chi connectivity index (χ1) is 9.24. The largest absolute Gasteiger partial charge is 0.497 e. The fourth-order valence-corrected chi connectivity index (χ4v) is 1.70. The minimum atomic E-state index is 0.208. The molecule has 0 heterocycles. The Labute approximate surface area is 116 Å². The van der Waals surface area contributed by atoms with Crippen molar-refractivity contribution in [3.8, 4) is 17.2 Å². The molecule has 2 rings (SSSR count). The van der Waals surface area contributed by atoms with Gasteiger partial charge in [0, 0.05) is 17.8 Å². The number of para-hydroxylation sites is 1. The second kappa shape index (κ2) is 6.11. The van der Waals surface area contributed by atoms with Gasteiger partial charge in [-0.25, -0.2) is 0 Å². The lowest BCUT2D eigenvalue weighted by atomic mass is 10.2. The maximum absolute atomic E-state index is 5.78. The van der Waals surface area contributed by atoms with Crippen LogP contribution in [-0.2, 0) is 0 Å². The van der Waals surface area contributed by atoms with Gasteiger partial charge in [-0.3, -0.25) is 0 Å². The molecule has 0 aromatic heterocycles. The average molecular weight is 277 g/mol. The minimum Gasteiger partial charge on any atom is -0.497 e. The molecule has 98 valence electrons. The van der Waals surface area contributed by atoms with Gasteiger partial charge in [0.15, 0.2) is 0 Å². The van der Waals surface area contributed by atoms with Crippen LogP contribution in [0, 0.1) is 0 Å². The highest BCUT2D eigenvalue weighted by Crippen LogP contribution is 2.27. The van der Waals surface area contributed by atoms with Gasteiger partial charge in [-0.15, -0.1) is 0 Å². The van der Waals surface area contributed by atoms with E-state index in [2.05, 4.69) is 4.51 Å². The van der Waals surface area contributed by atoms with E-state index < -0.39 is 0 Å². The number of nitrogens with two attached hydrogens (primary N) is 1. The van der Waals surface area contributed by atoms with Crippen LogP contribution in [0.15, 0.2) is 53.0 Å². The van der Waals surface area contributed by atoms with Gasteiger partial charge in [-0.05, 0) is 24.3 Å². The third-order valence-electron chi connectivity index (χ3n) is 2.52. The summed E-state index contributed by atoms with van der Waals surface area (Å²) in [6.07, 6.45) is 0. The predicted molar refractivity (Wildman–Crippen MR) is 76.1 cm³/mol. The van der Waals surface area contributed by atoms with Crippen molar-refractivity contribution in [1.82, 2.24) is 0 Å². The molecule has 0 bridgehead atoms. The molecule has 0 fully saturated rings. The second-order valence-corrected chi connectivity index (χ2v) is 3.92. The number of ether oxygens (including phenoxy) is 2. The van der Waals surface area contributed by atoms with Gasteiger partial charge in [-0.2, -0.15) is 4.51 Å². The highest BCUT2D eigenvalue weighted by molar-refractivity contribution is 6.22. The molecule has 0 aliphatic rings. The molecule has 2 aromatic carbocycles. The smallest absolute Gasteiger partial charge is 0.148 e. The van der Waals surface area contributed by atoms with Crippen LogP contribution < -0.4 is 15.2 Å². The molecule has 5 heteroatoms. The van der Waals surface area contributed by atoms with Crippen LogP contribution in [0.4, 0.5) is 0 Å². The first kappa shape index (κ1) is 13.2. The molecule has 0 aliphatic heterocycles. The molecular formula is C14H13ClN2O2. The van der Waals surface area contributed by atoms with Crippen molar-refractivity contribution >= 4 is 17.6 Å². The maximum Gasteiger partial charge on any atom is 0.148 e. The van der Waals surface area contributed by atoms with Crippen LogP contribution >= 0.6 is 11.8 Å². The summed E-state index contributed by atoms with van der Waals surface area (Å²) >= 11 is 5.40. The van der Waals surface area contributed by atoms with Gasteiger partial charge in [0.1, 0.15) is 23.1 Å². The van der Waals surface area contributed by atoms with Crippen molar-refractivity contribution < 1.29 is 9.47 Å². The maximum atomic E-state index is 5.78. The van der Waals surface area contributed by atoms with E-state index in [9.17, 15) is 0 Å². The average Bonchev–Trinajstić information content (AvgIpc) is 2.47. The van der Waals surface area contributed by atoms with Gasteiger partial charge < -0.3 is 15.2 Å². The van der Waals surface area contributed by atoms with Crippen molar-refractivity contribution in [2.24, 2.45) is 10.2 Å². The molecule has 0 saturated heterocycles. The number of nitrogens with zero attached hydrogens (tertiary/aromatic N) is 1. The molecule has 0 amide bonds. The van der Waals surface area contributed by atoms with Crippen LogP contribution in [0.3, 0.4) is 0 Å². The SMILES string of the molecule is COc1cccc(Oc2ccccc2C(N)=NCl)c1. The first-order valence-electron chi connectivity index (χ1n) is 5.60. The Morgan fingerprint density at radius 1 is 1.11 bits per heavy atom. The summed E-state index contributed by atoms with van der Waals surface area (Å²) in [5.74, 6) is 2.15. The number of amidine groups is 1. The van der Waals surface area contributed by atoms with Crippen molar-refractivity contribution in [2.45, 2.75) is 0 Å². The van der Waals surface area contributed by atoms with E-state index in [1.807, 2.05) is 30.3 Å². The zero-order valence-electron chi connectivity index (χ0n) is 10.3. The molecule has 0 unspecified atom stereocenters. The van der Waals surface area contributed by atoms with Crippen LogP contribution in [0.1, 0.15) is 5.56 Å². The standard InChI is InChI=1S/C14H13ClN2O2/c1-18-10-5-4-6-11(9-10)19-13-8-3-2-7-12(13)14(16)17-15/h2-9H,1H3,(H2,16,17). The van der Waals surface area contributed by atoms with E-state index >= 15 is 0 Å². The Balaban J connectivity index is 2.33. The van der Waals surface area contributed by atoms with Crippen LogP contribution in [0.25, 0.3) is 0 Å². The Kier molecular flexibility index (Phi) is 4.26. The predicted octanol–water partition coefficient (Wildman–Crippen LogP) is 3.35. The van der Waals surface area contributed by atoms with Crippen LogP contribution in [-0.4, -0.2) is 12.9 Å². The fourth-order valence-electron chi connectivity index (χ4n) is 1.60. The Morgan fingerprint density at radius 2 is 1.84 bits per heavy atom. The molecule has 0 radical (unpaired) electrons. The summed E-state index contributed by atoms with van der Waals surface area (Å²) in [6, 6.07) is 14.6. The quantitative estimate of drug-likeness (QED) is 0.688. The Hall–Kier alpha value is -2.20. The number of hydrogen-bond acceptors (Lipinski definition) is 3. The van der Waals surface area contributed by atoms with E-state index in [4.69, 9.17) is 27.0 Å². The van der Waals surface area contributed by atoms with E-state index in [0.29, 0.717) is 22.8 Å². The molecule has 0 aliphatic carbocycles. The number of benzene rings is 2. The number of methoxy groups -OCH3 is 1. The van der Waals surface area contributed by atoms with Crippen LogP contribution in [0.5, 0.6) is 17.2 Å². The molecule has 2 N–H and O–H groups in total.